The van der Waals surface area contributed by atoms with Crippen molar-refractivity contribution < 1.29 is 25.8 Å². The fraction of sp³-hybridized carbons (Fsp3) is 0.323. The summed E-state index contributed by atoms with van der Waals surface area (Å²) in [6.07, 6.45) is 1.93. The first-order chi connectivity index (χ1) is 31.3. The standard InChI is InChI=1S/C62H69N4O.Pt/c1-58(2,3)42-26-28-53-50(34-42)57-51(62(13,14)15)38-49(39-55(57)66(53)56-36-44(29-30-63-56)60(7,8)9)67-48-24-20-23-47(37-48)65(16)54-35-43(59(4,5)6)25-27-52(54)64-46-32-41(40-21-18-17-19-22-40)31-45(33-46)61(10,11)12;/h17-36,38,64H,16H2,1-15H3;/q-3;. The van der Waals surface area contributed by atoms with Crippen molar-refractivity contribution in [1.29, 1.82) is 0 Å². The molecule has 5 nitrogen and oxygen atoms in total. The Bertz CT molecular complexity index is 3110. The van der Waals surface area contributed by atoms with E-state index in [4.69, 9.17) is 9.72 Å². The molecule has 0 aliphatic heterocycles. The van der Waals surface area contributed by atoms with Crippen molar-refractivity contribution in [2.75, 3.05) is 10.2 Å². The van der Waals surface area contributed by atoms with E-state index in [-0.39, 0.29) is 48.1 Å². The molecule has 0 atom stereocenters. The van der Waals surface area contributed by atoms with Gasteiger partial charge in [-0.3, -0.25) is 7.05 Å². The molecule has 0 radical (unpaired) electrons. The molecule has 0 fully saturated rings. The van der Waals surface area contributed by atoms with E-state index in [0.717, 1.165) is 45.0 Å². The first kappa shape index (κ1) is 50.2. The van der Waals surface area contributed by atoms with Gasteiger partial charge in [0.2, 0.25) is 0 Å². The van der Waals surface area contributed by atoms with E-state index < -0.39 is 0 Å². The minimum Gasteiger partial charge on any atom is -0.516 e. The number of rotatable bonds is 8. The largest absolute Gasteiger partial charge is 0.516 e. The Kier molecular flexibility index (Phi) is 13.6. The maximum atomic E-state index is 6.88. The summed E-state index contributed by atoms with van der Waals surface area (Å²) >= 11 is 0. The Morgan fingerprint density at radius 1 is 0.559 bits per heavy atom. The summed E-state index contributed by atoms with van der Waals surface area (Å²) in [4.78, 5) is 6.96. The van der Waals surface area contributed by atoms with Gasteiger partial charge in [0.25, 0.3) is 0 Å². The van der Waals surface area contributed by atoms with Gasteiger partial charge in [-0.2, -0.15) is 6.07 Å². The molecule has 0 unspecified atom stereocenters. The predicted octanol–water partition coefficient (Wildman–Crippen LogP) is 17.4. The number of hydrogen-bond acceptors (Lipinski definition) is 4. The number of fused-ring (bicyclic) bond motifs is 3. The minimum atomic E-state index is -0.228. The molecule has 0 bridgehead atoms. The van der Waals surface area contributed by atoms with Crippen LogP contribution in [0.5, 0.6) is 11.5 Å². The van der Waals surface area contributed by atoms with E-state index in [9.17, 15) is 0 Å². The van der Waals surface area contributed by atoms with E-state index in [0.29, 0.717) is 11.5 Å². The number of ether oxygens (including phenoxy) is 1. The Morgan fingerprint density at radius 2 is 1.19 bits per heavy atom. The summed E-state index contributed by atoms with van der Waals surface area (Å²) in [5, 5.41) is 6.17. The molecule has 0 aliphatic carbocycles. The molecule has 2 heterocycles. The van der Waals surface area contributed by atoms with E-state index in [1.165, 1.54) is 44.3 Å². The van der Waals surface area contributed by atoms with E-state index >= 15 is 0 Å². The van der Waals surface area contributed by atoms with Crippen LogP contribution >= 0.6 is 0 Å². The summed E-state index contributed by atoms with van der Waals surface area (Å²) in [5.74, 6) is 2.03. The van der Waals surface area contributed by atoms with Gasteiger partial charge < -0.3 is 19.5 Å². The van der Waals surface area contributed by atoms with Crippen molar-refractivity contribution in [3.05, 3.63) is 175 Å². The van der Waals surface area contributed by atoms with Gasteiger partial charge in [-0.1, -0.05) is 169 Å². The number of anilines is 4. The summed E-state index contributed by atoms with van der Waals surface area (Å²) in [6.45, 7) is 33.9. The third kappa shape index (κ3) is 10.5. The van der Waals surface area contributed by atoms with Crippen molar-refractivity contribution in [1.82, 2.24) is 9.55 Å². The number of nitrogens with zero attached hydrogens (tertiary/aromatic N) is 3. The van der Waals surface area contributed by atoms with Crippen LogP contribution in [0.3, 0.4) is 0 Å². The smallest absolute Gasteiger partial charge is 0.135 e. The second-order valence-electron chi connectivity index (χ2n) is 23.4. The first-order valence-electron chi connectivity index (χ1n) is 23.7. The molecule has 8 rings (SSSR count). The molecule has 6 heteroatoms. The number of aromatic nitrogens is 2. The molecule has 0 saturated heterocycles. The Labute approximate surface area is 421 Å². The first-order valence-corrected chi connectivity index (χ1v) is 23.7. The number of nitrogens with one attached hydrogen (secondary N) is 1. The molecule has 0 aliphatic rings. The van der Waals surface area contributed by atoms with Crippen molar-refractivity contribution >= 4 is 44.6 Å². The van der Waals surface area contributed by atoms with Gasteiger partial charge in [0, 0.05) is 55.7 Å². The van der Waals surface area contributed by atoms with Crippen LogP contribution in [0.1, 0.15) is 132 Å². The van der Waals surface area contributed by atoms with Crippen molar-refractivity contribution in [3.63, 3.8) is 0 Å². The van der Waals surface area contributed by atoms with Gasteiger partial charge in [0.05, 0.1) is 5.69 Å². The summed E-state index contributed by atoms with van der Waals surface area (Å²) in [7, 11) is 4.67. The van der Waals surface area contributed by atoms with Crippen LogP contribution in [-0.4, -0.2) is 9.55 Å². The zero-order valence-electron chi connectivity index (χ0n) is 42.9. The normalized spacial score (nSPS) is 12.6. The van der Waals surface area contributed by atoms with Crippen molar-refractivity contribution in [3.8, 4) is 28.4 Å². The quantitative estimate of drug-likeness (QED) is 0.154. The van der Waals surface area contributed by atoms with Crippen LogP contribution in [0, 0.1) is 19.2 Å². The van der Waals surface area contributed by atoms with Crippen LogP contribution in [0.2, 0.25) is 0 Å². The summed E-state index contributed by atoms with van der Waals surface area (Å²) in [5.41, 5.74) is 13.7. The Morgan fingerprint density at radius 3 is 1.84 bits per heavy atom. The molecular formula is C62H69N4OPt-3. The minimum absolute atomic E-state index is 0. The van der Waals surface area contributed by atoms with Gasteiger partial charge in [-0.05, 0) is 108 Å². The molecule has 0 spiro atoms. The third-order valence-corrected chi connectivity index (χ3v) is 12.9. The van der Waals surface area contributed by atoms with Crippen molar-refractivity contribution in [2.24, 2.45) is 0 Å². The third-order valence-electron chi connectivity index (χ3n) is 12.9. The molecule has 8 aromatic rings. The molecule has 1 N–H and O–H groups in total. The zero-order chi connectivity index (χ0) is 48.4. The van der Waals surface area contributed by atoms with Gasteiger partial charge in [-0.15, -0.1) is 41.6 Å². The monoisotopic (exact) mass is 1080 g/mol. The molecule has 0 amide bonds. The van der Waals surface area contributed by atoms with Crippen LogP contribution < -0.4 is 15.0 Å². The average molecular weight is 1080 g/mol. The molecule has 0 saturated carbocycles. The molecule has 6 aromatic carbocycles. The molecule has 68 heavy (non-hydrogen) atoms. The van der Waals surface area contributed by atoms with Gasteiger partial charge in [0.1, 0.15) is 5.82 Å². The van der Waals surface area contributed by atoms with Crippen LogP contribution in [0.15, 0.2) is 128 Å². The van der Waals surface area contributed by atoms with Crippen molar-refractivity contribution in [2.45, 2.75) is 131 Å². The molecule has 356 valence electrons. The molecular weight excluding hydrogens is 1010 g/mol. The predicted molar refractivity (Wildman–Crippen MR) is 285 cm³/mol. The Hall–Kier alpha value is -5.64. The second kappa shape index (κ2) is 18.4. The fourth-order valence-corrected chi connectivity index (χ4v) is 8.71. The van der Waals surface area contributed by atoms with Crippen LogP contribution in [-0.2, 0) is 48.1 Å². The SMILES string of the molecule is [CH2-]N(c1[c-]c(Oc2[c-]c3c(c(C(C)(C)C)c2)c2cc(C(C)(C)C)ccc2n3-c2cc(C(C)(C)C)ccn2)ccc1)c1cc(C(C)(C)C)ccc1Nc1cc(-c2ccccc2)cc(C(C)(C)C)c1.[Pt]. The zero-order valence-corrected chi connectivity index (χ0v) is 45.2. The fourth-order valence-electron chi connectivity index (χ4n) is 8.71. The number of benzene rings is 6. The van der Waals surface area contributed by atoms with Gasteiger partial charge >= 0.3 is 0 Å². The van der Waals surface area contributed by atoms with E-state index in [1.54, 1.807) is 0 Å². The molecule has 2 aromatic heterocycles. The summed E-state index contributed by atoms with van der Waals surface area (Å²) < 4.78 is 9.15. The summed E-state index contributed by atoms with van der Waals surface area (Å²) in [6, 6.07) is 50.8. The average Bonchev–Trinajstić information content (AvgIpc) is 3.58. The topological polar surface area (TPSA) is 42.3 Å². The van der Waals surface area contributed by atoms with Crippen LogP contribution in [0.25, 0.3) is 38.8 Å². The van der Waals surface area contributed by atoms with E-state index in [2.05, 4.69) is 236 Å². The van der Waals surface area contributed by atoms with E-state index in [1.807, 2.05) is 29.3 Å². The number of hydrogen-bond donors (Lipinski definition) is 1. The number of pyridine rings is 1. The second-order valence-corrected chi connectivity index (χ2v) is 23.4. The Balaban J connectivity index is 0.00000684. The maximum absolute atomic E-state index is 6.88. The van der Waals surface area contributed by atoms with Crippen LogP contribution in [0.4, 0.5) is 22.7 Å². The maximum Gasteiger partial charge on any atom is 0.135 e. The van der Waals surface area contributed by atoms with Gasteiger partial charge in [0.15, 0.2) is 0 Å². The van der Waals surface area contributed by atoms with Gasteiger partial charge in [-0.25, -0.2) is 4.98 Å².